The summed E-state index contributed by atoms with van der Waals surface area (Å²) in [5, 5.41) is 0.682. The van der Waals surface area contributed by atoms with Crippen molar-refractivity contribution < 1.29 is 9.53 Å². The van der Waals surface area contributed by atoms with Crippen molar-refractivity contribution in [3.05, 3.63) is 85.0 Å². The van der Waals surface area contributed by atoms with Gasteiger partial charge in [0.15, 0.2) is 12.3 Å². The van der Waals surface area contributed by atoms with Crippen LogP contribution in [-0.2, 0) is 11.3 Å². The highest BCUT2D eigenvalue weighted by Gasteiger charge is 2.23. The monoisotopic (exact) mass is 462 g/mol. The second-order valence-electron chi connectivity index (χ2n) is 6.57. The molecule has 1 aromatic heterocycles. The van der Waals surface area contributed by atoms with Gasteiger partial charge in [-0.15, -0.1) is 0 Å². The largest absolute Gasteiger partial charge is 0.482 e. The van der Waals surface area contributed by atoms with Crippen molar-refractivity contribution in [1.82, 2.24) is 9.55 Å². The number of aromatic nitrogens is 2. The molecule has 0 saturated heterocycles. The number of rotatable bonds is 7. The highest BCUT2D eigenvalue weighted by atomic mass is 35.5. The molecule has 0 aliphatic rings. The van der Waals surface area contributed by atoms with Crippen LogP contribution in [0.1, 0.15) is 12.5 Å². The minimum absolute atomic E-state index is 0.117. The lowest BCUT2D eigenvalue weighted by Crippen LogP contribution is -2.42. The first-order valence-corrected chi connectivity index (χ1v) is 10.1. The molecule has 0 aliphatic heterocycles. The number of carbonyl (C=O) groups is 1. The zero-order chi connectivity index (χ0) is 22.5. The molecule has 1 amide bonds. The normalized spacial score (nSPS) is 10.7. The second-order valence-corrected chi connectivity index (χ2v) is 7.41. The summed E-state index contributed by atoms with van der Waals surface area (Å²) in [6.45, 7) is 1.53. The van der Waals surface area contributed by atoms with Crippen LogP contribution in [0.25, 0.3) is 0 Å². The molecule has 0 fully saturated rings. The lowest BCUT2D eigenvalue weighted by molar-refractivity contribution is -0.120. The zero-order valence-corrected chi connectivity index (χ0v) is 18.1. The Balaban J connectivity index is 1.90. The van der Waals surface area contributed by atoms with Gasteiger partial charge in [-0.3, -0.25) is 19.1 Å². The van der Waals surface area contributed by atoms with Crippen molar-refractivity contribution in [1.29, 1.82) is 0 Å². The van der Waals surface area contributed by atoms with E-state index in [2.05, 4.69) is 4.98 Å². The molecule has 3 N–H and O–H groups in total. The van der Waals surface area contributed by atoms with E-state index in [1.807, 2.05) is 30.3 Å². The number of carbonyl (C=O) groups excluding carboxylic acids is 1. The molecule has 0 spiro atoms. The highest BCUT2D eigenvalue weighted by Crippen LogP contribution is 2.28. The van der Waals surface area contributed by atoms with E-state index in [0.717, 1.165) is 10.5 Å². The Kier molecular flexibility index (Phi) is 7.04. The van der Waals surface area contributed by atoms with E-state index < -0.39 is 23.8 Å². The van der Waals surface area contributed by atoms with E-state index in [4.69, 9.17) is 33.7 Å². The van der Waals surface area contributed by atoms with Crippen LogP contribution in [-0.4, -0.2) is 28.6 Å². The molecule has 2 aromatic carbocycles. The van der Waals surface area contributed by atoms with E-state index >= 15 is 0 Å². The molecule has 10 heteroatoms. The number of ether oxygens (including phenoxy) is 1. The van der Waals surface area contributed by atoms with Gasteiger partial charge in [0.25, 0.3) is 11.5 Å². The van der Waals surface area contributed by atoms with Gasteiger partial charge in [0, 0.05) is 17.6 Å². The number of nitrogens with zero attached hydrogens (tertiary/aromatic N) is 2. The SMILES string of the molecule is CCN(C(=O)COc1cc(Cl)ccc1Cl)c1c(N)n(Cc2ccccc2)c(=O)[nH]c1=O. The maximum Gasteiger partial charge on any atom is 0.330 e. The van der Waals surface area contributed by atoms with Gasteiger partial charge in [-0.05, 0) is 24.6 Å². The molecule has 3 rings (SSSR count). The van der Waals surface area contributed by atoms with Gasteiger partial charge in [0.2, 0.25) is 0 Å². The van der Waals surface area contributed by atoms with Crippen LogP contribution in [0.15, 0.2) is 58.1 Å². The Morgan fingerprint density at radius 1 is 1.16 bits per heavy atom. The Labute approximate surface area is 187 Å². The third kappa shape index (κ3) is 5.10. The molecule has 1 heterocycles. The number of likely N-dealkylation sites (N-methyl/N-ethyl adjacent to an activating group) is 1. The molecular weight excluding hydrogens is 443 g/mol. The predicted octanol–water partition coefficient (Wildman–Crippen LogP) is 2.91. The average Bonchev–Trinajstić information content (AvgIpc) is 2.75. The molecule has 0 unspecified atom stereocenters. The van der Waals surface area contributed by atoms with Crippen LogP contribution in [0.5, 0.6) is 5.75 Å². The minimum Gasteiger partial charge on any atom is -0.482 e. The summed E-state index contributed by atoms with van der Waals surface area (Å²) in [6.07, 6.45) is 0. The highest BCUT2D eigenvalue weighted by molar-refractivity contribution is 6.34. The molecule has 31 heavy (non-hydrogen) atoms. The van der Waals surface area contributed by atoms with Crippen molar-refractivity contribution in [2.75, 3.05) is 23.8 Å². The molecule has 0 aliphatic carbocycles. The molecule has 0 saturated carbocycles. The van der Waals surface area contributed by atoms with Gasteiger partial charge < -0.3 is 15.4 Å². The lowest BCUT2D eigenvalue weighted by atomic mass is 10.2. The summed E-state index contributed by atoms with van der Waals surface area (Å²) in [7, 11) is 0. The van der Waals surface area contributed by atoms with Crippen LogP contribution in [0.4, 0.5) is 11.5 Å². The standard InChI is InChI=1S/C21H20Cl2N4O4/c1-2-26(17(28)12-31-16-10-14(22)8-9-15(16)23)18-19(24)27(21(30)25-20(18)29)11-13-6-4-3-5-7-13/h3-10H,2,11-12,24H2,1H3,(H,25,29,30). The number of hydrogen-bond donors (Lipinski definition) is 2. The van der Waals surface area contributed by atoms with Gasteiger partial charge in [-0.2, -0.15) is 0 Å². The fraction of sp³-hybridized carbons (Fsp3) is 0.190. The number of H-pyrrole nitrogens is 1. The third-order valence-corrected chi connectivity index (χ3v) is 5.08. The van der Waals surface area contributed by atoms with Gasteiger partial charge in [-0.25, -0.2) is 4.79 Å². The van der Waals surface area contributed by atoms with Crippen LogP contribution in [0, 0.1) is 0 Å². The van der Waals surface area contributed by atoms with Crippen LogP contribution in [0.3, 0.4) is 0 Å². The van der Waals surface area contributed by atoms with Crippen molar-refractivity contribution in [2.24, 2.45) is 0 Å². The number of halogens is 2. The number of benzene rings is 2. The average molecular weight is 463 g/mol. The molecule has 0 atom stereocenters. The number of aromatic amines is 1. The molecular formula is C21H20Cl2N4O4. The maximum absolute atomic E-state index is 12.8. The fourth-order valence-corrected chi connectivity index (χ4v) is 3.36. The minimum atomic E-state index is -0.761. The summed E-state index contributed by atoms with van der Waals surface area (Å²) in [6, 6.07) is 13.7. The summed E-state index contributed by atoms with van der Waals surface area (Å²) < 4.78 is 6.69. The molecule has 3 aromatic rings. The number of nitrogens with two attached hydrogens (primary N) is 1. The van der Waals surface area contributed by atoms with Crippen LogP contribution < -0.4 is 26.6 Å². The number of nitrogens with one attached hydrogen (secondary N) is 1. The molecule has 0 radical (unpaired) electrons. The number of nitrogen functional groups attached to an aromatic ring is 1. The number of anilines is 2. The third-order valence-electron chi connectivity index (χ3n) is 4.53. The second kappa shape index (κ2) is 9.72. The van der Waals surface area contributed by atoms with E-state index in [0.29, 0.717) is 5.02 Å². The van der Waals surface area contributed by atoms with E-state index in [1.54, 1.807) is 19.1 Å². The quantitative estimate of drug-likeness (QED) is 0.560. The Morgan fingerprint density at radius 3 is 2.55 bits per heavy atom. The molecule has 8 nitrogen and oxygen atoms in total. The summed E-state index contributed by atoms with van der Waals surface area (Å²) in [4.78, 5) is 41.1. The Hall–Kier alpha value is -3.23. The van der Waals surface area contributed by atoms with Gasteiger partial charge in [0.05, 0.1) is 11.6 Å². The number of amides is 1. The van der Waals surface area contributed by atoms with Gasteiger partial charge in [0.1, 0.15) is 11.6 Å². The van der Waals surface area contributed by atoms with Crippen molar-refractivity contribution >= 4 is 40.6 Å². The first-order chi connectivity index (χ1) is 14.8. The van der Waals surface area contributed by atoms with Crippen LogP contribution >= 0.6 is 23.2 Å². The fourth-order valence-electron chi connectivity index (χ4n) is 3.03. The first kappa shape index (κ1) is 22.5. The van der Waals surface area contributed by atoms with E-state index in [-0.39, 0.29) is 35.4 Å². The zero-order valence-electron chi connectivity index (χ0n) is 16.6. The Morgan fingerprint density at radius 2 is 1.87 bits per heavy atom. The van der Waals surface area contributed by atoms with E-state index in [9.17, 15) is 14.4 Å². The topological polar surface area (TPSA) is 110 Å². The summed E-state index contributed by atoms with van der Waals surface area (Å²) in [5.74, 6) is -0.427. The lowest BCUT2D eigenvalue weighted by Gasteiger charge is -2.23. The van der Waals surface area contributed by atoms with Crippen molar-refractivity contribution in [2.45, 2.75) is 13.5 Å². The van der Waals surface area contributed by atoms with E-state index in [1.165, 1.54) is 10.6 Å². The van der Waals surface area contributed by atoms with Gasteiger partial charge >= 0.3 is 5.69 Å². The summed E-state index contributed by atoms with van der Waals surface area (Å²) in [5.41, 5.74) is 5.43. The molecule has 162 valence electrons. The van der Waals surface area contributed by atoms with Crippen molar-refractivity contribution in [3.8, 4) is 5.75 Å². The number of hydrogen-bond acceptors (Lipinski definition) is 5. The maximum atomic E-state index is 12.8. The van der Waals surface area contributed by atoms with Crippen molar-refractivity contribution in [3.63, 3.8) is 0 Å². The van der Waals surface area contributed by atoms with Crippen LogP contribution in [0.2, 0.25) is 10.0 Å². The Bertz CT molecular complexity index is 1210. The summed E-state index contributed by atoms with van der Waals surface area (Å²) >= 11 is 12.0. The van der Waals surface area contributed by atoms with Gasteiger partial charge in [-0.1, -0.05) is 53.5 Å². The smallest absolute Gasteiger partial charge is 0.330 e. The predicted molar refractivity (Wildman–Crippen MR) is 121 cm³/mol. The molecule has 0 bridgehead atoms. The first-order valence-electron chi connectivity index (χ1n) is 9.36.